The van der Waals surface area contributed by atoms with Crippen LogP contribution < -0.4 is 4.90 Å². The molecule has 1 aliphatic heterocycles. The molecule has 0 aliphatic carbocycles. The average Bonchev–Trinajstić information content (AvgIpc) is 2.81. The lowest BCUT2D eigenvalue weighted by molar-refractivity contribution is 0.397. The first-order valence-electron chi connectivity index (χ1n) is 6.68. The highest BCUT2D eigenvalue weighted by molar-refractivity contribution is 6.20. The number of hydrogen-bond donors (Lipinski definition) is 1. The molecule has 102 valence electrons. The van der Waals surface area contributed by atoms with Crippen LogP contribution in [0.4, 0.5) is 10.3 Å². The van der Waals surface area contributed by atoms with E-state index in [1.807, 2.05) is 0 Å². The lowest BCUT2D eigenvalue weighted by Crippen LogP contribution is -2.36. The van der Waals surface area contributed by atoms with Crippen molar-refractivity contribution >= 4 is 28.6 Å². The molecule has 1 aromatic heterocycles. The standard InChI is InChI=1S/C14H17ClFN3/c1-9(15)10-4-6-19(7-5-10)14-17-12-3-2-11(16)8-13(12)18-14/h2-3,8-10H,4-7H2,1H3,(H,17,18). The van der Waals surface area contributed by atoms with Gasteiger partial charge in [-0.2, -0.15) is 0 Å². The number of anilines is 1. The molecule has 1 fully saturated rings. The van der Waals surface area contributed by atoms with Crippen LogP contribution in [0.15, 0.2) is 18.2 Å². The number of aromatic nitrogens is 2. The van der Waals surface area contributed by atoms with Gasteiger partial charge in [0.15, 0.2) is 0 Å². The van der Waals surface area contributed by atoms with E-state index in [9.17, 15) is 4.39 Å². The number of benzene rings is 1. The first kappa shape index (κ1) is 12.7. The first-order valence-corrected chi connectivity index (χ1v) is 7.11. The fraction of sp³-hybridized carbons (Fsp3) is 0.500. The van der Waals surface area contributed by atoms with Crippen molar-refractivity contribution in [3.8, 4) is 0 Å². The number of hydrogen-bond acceptors (Lipinski definition) is 2. The fourth-order valence-electron chi connectivity index (χ4n) is 2.69. The molecule has 2 heterocycles. The Balaban J connectivity index is 1.78. The van der Waals surface area contributed by atoms with Crippen molar-refractivity contribution < 1.29 is 4.39 Å². The molecule has 5 heteroatoms. The van der Waals surface area contributed by atoms with Crippen LogP contribution in [0.5, 0.6) is 0 Å². The fourth-order valence-corrected chi connectivity index (χ4v) is 2.94. The highest BCUT2D eigenvalue weighted by atomic mass is 35.5. The number of nitrogens with zero attached hydrogens (tertiary/aromatic N) is 2. The SMILES string of the molecule is CC(Cl)C1CCN(c2nc3ccc(F)cc3[nH]2)CC1. The zero-order chi connectivity index (χ0) is 13.4. The average molecular weight is 282 g/mol. The van der Waals surface area contributed by atoms with Crippen molar-refractivity contribution in [2.45, 2.75) is 25.1 Å². The molecule has 3 nitrogen and oxygen atoms in total. The maximum absolute atomic E-state index is 13.2. The number of nitrogens with one attached hydrogen (secondary N) is 1. The third-order valence-corrected chi connectivity index (χ3v) is 4.28. The molecular formula is C14H17ClFN3. The number of imidazole rings is 1. The number of fused-ring (bicyclic) bond motifs is 1. The first-order chi connectivity index (χ1) is 9.13. The summed E-state index contributed by atoms with van der Waals surface area (Å²) in [6.45, 7) is 3.96. The predicted octanol–water partition coefficient (Wildman–Crippen LogP) is 3.55. The Kier molecular flexibility index (Phi) is 3.35. The largest absolute Gasteiger partial charge is 0.342 e. The van der Waals surface area contributed by atoms with E-state index >= 15 is 0 Å². The Bertz CT molecular complexity index is 573. The molecule has 1 saturated heterocycles. The molecule has 0 radical (unpaired) electrons. The Labute approximate surface area is 116 Å². The second-order valence-electron chi connectivity index (χ2n) is 5.22. The summed E-state index contributed by atoms with van der Waals surface area (Å²) < 4.78 is 13.2. The summed E-state index contributed by atoms with van der Waals surface area (Å²) in [5.41, 5.74) is 1.56. The zero-order valence-corrected chi connectivity index (χ0v) is 11.6. The summed E-state index contributed by atoms with van der Waals surface area (Å²) in [5, 5.41) is 0.229. The van der Waals surface area contributed by atoms with Crippen molar-refractivity contribution in [3.63, 3.8) is 0 Å². The number of H-pyrrole nitrogens is 1. The molecule has 0 bridgehead atoms. The van der Waals surface area contributed by atoms with Gasteiger partial charge in [-0.05, 0) is 43.9 Å². The Morgan fingerprint density at radius 2 is 2.16 bits per heavy atom. The van der Waals surface area contributed by atoms with E-state index < -0.39 is 0 Å². The third-order valence-electron chi connectivity index (χ3n) is 3.92. The van der Waals surface area contributed by atoms with Gasteiger partial charge >= 0.3 is 0 Å². The van der Waals surface area contributed by atoms with Crippen LogP contribution in [0.25, 0.3) is 11.0 Å². The lowest BCUT2D eigenvalue weighted by atomic mass is 9.94. The molecule has 1 atom stereocenters. The van der Waals surface area contributed by atoms with Gasteiger partial charge in [0.2, 0.25) is 5.95 Å². The second kappa shape index (κ2) is 5.00. The highest BCUT2D eigenvalue weighted by Gasteiger charge is 2.24. The Morgan fingerprint density at radius 3 is 2.84 bits per heavy atom. The Hall–Kier alpha value is -1.29. The van der Waals surface area contributed by atoms with Crippen LogP contribution in [-0.2, 0) is 0 Å². The minimum Gasteiger partial charge on any atom is -0.342 e. The Morgan fingerprint density at radius 1 is 1.42 bits per heavy atom. The van der Waals surface area contributed by atoms with Gasteiger partial charge in [-0.25, -0.2) is 9.37 Å². The number of rotatable bonds is 2. The summed E-state index contributed by atoms with van der Waals surface area (Å²) in [5.74, 6) is 1.18. The van der Waals surface area contributed by atoms with Crippen LogP contribution >= 0.6 is 11.6 Å². The van der Waals surface area contributed by atoms with Gasteiger partial charge in [0.25, 0.3) is 0 Å². The smallest absolute Gasteiger partial charge is 0.203 e. The summed E-state index contributed by atoms with van der Waals surface area (Å²) in [4.78, 5) is 9.93. The van der Waals surface area contributed by atoms with E-state index in [-0.39, 0.29) is 11.2 Å². The third kappa shape index (κ3) is 2.54. The second-order valence-corrected chi connectivity index (χ2v) is 5.91. The summed E-state index contributed by atoms with van der Waals surface area (Å²) in [6.07, 6.45) is 2.16. The molecular weight excluding hydrogens is 265 g/mol. The van der Waals surface area contributed by atoms with Crippen LogP contribution in [-0.4, -0.2) is 28.4 Å². The molecule has 2 aromatic rings. The summed E-state index contributed by atoms with van der Waals surface area (Å²) in [6, 6.07) is 4.63. The molecule has 1 aliphatic rings. The van der Waals surface area contributed by atoms with E-state index in [1.54, 1.807) is 6.07 Å². The highest BCUT2D eigenvalue weighted by Crippen LogP contribution is 2.27. The van der Waals surface area contributed by atoms with Gasteiger partial charge in [0.05, 0.1) is 11.0 Å². The van der Waals surface area contributed by atoms with Gasteiger partial charge in [0.1, 0.15) is 5.82 Å². The molecule has 1 aromatic carbocycles. The van der Waals surface area contributed by atoms with Crippen molar-refractivity contribution in [2.24, 2.45) is 5.92 Å². The van der Waals surface area contributed by atoms with Crippen molar-refractivity contribution in [1.82, 2.24) is 9.97 Å². The monoisotopic (exact) mass is 281 g/mol. The molecule has 3 rings (SSSR count). The van der Waals surface area contributed by atoms with E-state index in [2.05, 4.69) is 21.8 Å². The van der Waals surface area contributed by atoms with Gasteiger partial charge in [-0.1, -0.05) is 0 Å². The normalized spacial score (nSPS) is 19.0. The van der Waals surface area contributed by atoms with Gasteiger partial charge in [-0.3, -0.25) is 0 Å². The van der Waals surface area contributed by atoms with Crippen molar-refractivity contribution in [3.05, 3.63) is 24.0 Å². The van der Waals surface area contributed by atoms with Crippen LogP contribution in [0.3, 0.4) is 0 Å². The van der Waals surface area contributed by atoms with E-state index in [0.29, 0.717) is 5.92 Å². The minimum absolute atomic E-state index is 0.229. The molecule has 19 heavy (non-hydrogen) atoms. The minimum atomic E-state index is -0.239. The molecule has 0 saturated carbocycles. The van der Waals surface area contributed by atoms with Gasteiger partial charge < -0.3 is 9.88 Å². The van der Waals surface area contributed by atoms with Crippen LogP contribution in [0.1, 0.15) is 19.8 Å². The number of aromatic amines is 1. The summed E-state index contributed by atoms with van der Waals surface area (Å²) >= 11 is 6.15. The van der Waals surface area contributed by atoms with E-state index in [0.717, 1.165) is 42.9 Å². The molecule has 1 unspecified atom stereocenters. The predicted molar refractivity (Wildman–Crippen MR) is 76.3 cm³/mol. The topological polar surface area (TPSA) is 31.9 Å². The quantitative estimate of drug-likeness (QED) is 0.854. The van der Waals surface area contributed by atoms with Gasteiger partial charge in [-0.15, -0.1) is 11.6 Å². The number of halogens is 2. The molecule has 0 spiro atoms. The lowest BCUT2D eigenvalue weighted by Gasteiger charge is -2.32. The van der Waals surface area contributed by atoms with Crippen LogP contribution in [0.2, 0.25) is 0 Å². The maximum Gasteiger partial charge on any atom is 0.203 e. The van der Waals surface area contributed by atoms with E-state index in [4.69, 9.17) is 11.6 Å². The maximum atomic E-state index is 13.2. The summed E-state index contributed by atoms with van der Waals surface area (Å²) in [7, 11) is 0. The van der Waals surface area contributed by atoms with Crippen LogP contribution in [0, 0.1) is 11.7 Å². The van der Waals surface area contributed by atoms with Gasteiger partial charge in [0, 0.05) is 18.5 Å². The molecule has 1 N–H and O–H groups in total. The van der Waals surface area contributed by atoms with E-state index in [1.165, 1.54) is 12.1 Å². The number of alkyl halides is 1. The number of piperidine rings is 1. The zero-order valence-electron chi connectivity index (χ0n) is 10.9. The van der Waals surface area contributed by atoms with Crippen molar-refractivity contribution in [1.29, 1.82) is 0 Å². The van der Waals surface area contributed by atoms with Crippen molar-refractivity contribution in [2.75, 3.05) is 18.0 Å². The molecule has 0 amide bonds.